The highest BCUT2D eigenvalue weighted by Crippen LogP contribution is 2.32. The molecule has 0 aliphatic carbocycles. The fraction of sp³-hybridized carbons (Fsp3) is 0.368. The largest absolute Gasteiger partial charge is 0.334 e. The molecule has 0 saturated heterocycles. The second-order valence-electron chi connectivity index (χ2n) is 6.28. The highest BCUT2D eigenvalue weighted by atomic mass is 16.2. The summed E-state index contributed by atoms with van der Waals surface area (Å²) in [6, 6.07) is 9.82. The van der Waals surface area contributed by atoms with Gasteiger partial charge in [0.2, 0.25) is 0 Å². The van der Waals surface area contributed by atoms with E-state index in [0.717, 1.165) is 22.4 Å². The number of carbonyl (C=O) groups is 1. The summed E-state index contributed by atoms with van der Waals surface area (Å²) >= 11 is 0. The number of carbonyl (C=O) groups excluding carboxylic acids is 1. The molecule has 0 fully saturated rings. The van der Waals surface area contributed by atoms with Crippen molar-refractivity contribution >= 4 is 11.7 Å². The number of hydrogen-bond donors (Lipinski definition) is 2. The third-order valence-corrected chi connectivity index (χ3v) is 3.81. The third-order valence-electron chi connectivity index (χ3n) is 3.81. The van der Waals surface area contributed by atoms with Crippen molar-refractivity contribution in [2.24, 2.45) is 0 Å². The van der Waals surface area contributed by atoms with Gasteiger partial charge in [0, 0.05) is 24.6 Å². The monoisotopic (exact) mass is 311 g/mol. The first kappa shape index (κ1) is 17.0. The van der Waals surface area contributed by atoms with E-state index in [-0.39, 0.29) is 6.03 Å². The quantitative estimate of drug-likeness (QED) is 0.844. The number of hydrogen-bond acceptors (Lipinski definition) is 2. The van der Waals surface area contributed by atoms with Crippen molar-refractivity contribution in [1.29, 1.82) is 0 Å². The van der Waals surface area contributed by atoms with Crippen molar-refractivity contribution in [2.45, 2.75) is 46.1 Å². The van der Waals surface area contributed by atoms with E-state index in [1.54, 1.807) is 12.4 Å². The van der Waals surface area contributed by atoms with Gasteiger partial charge >= 0.3 is 6.03 Å². The summed E-state index contributed by atoms with van der Waals surface area (Å²) in [6.45, 7) is 9.03. The Bertz CT molecular complexity index is 625. The molecule has 122 valence electrons. The summed E-state index contributed by atoms with van der Waals surface area (Å²) < 4.78 is 0. The van der Waals surface area contributed by atoms with Crippen molar-refractivity contribution < 1.29 is 4.79 Å². The predicted molar refractivity (Wildman–Crippen MR) is 94.7 cm³/mol. The summed E-state index contributed by atoms with van der Waals surface area (Å²) in [5.74, 6) is 0.702. The molecule has 2 N–H and O–H groups in total. The Morgan fingerprint density at radius 2 is 1.57 bits per heavy atom. The summed E-state index contributed by atoms with van der Waals surface area (Å²) in [4.78, 5) is 16.3. The molecule has 23 heavy (non-hydrogen) atoms. The molecule has 4 heteroatoms. The average molecular weight is 311 g/mol. The van der Waals surface area contributed by atoms with Crippen LogP contribution in [0.2, 0.25) is 0 Å². The minimum atomic E-state index is -0.184. The lowest BCUT2D eigenvalue weighted by atomic mass is 9.93. The number of aromatic nitrogens is 1. The van der Waals surface area contributed by atoms with Crippen LogP contribution < -0.4 is 10.6 Å². The van der Waals surface area contributed by atoms with Crippen molar-refractivity contribution in [1.82, 2.24) is 10.3 Å². The van der Waals surface area contributed by atoms with Gasteiger partial charge in [-0.1, -0.05) is 45.9 Å². The predicted octanol–water partition coefficient (Wildman–Crippen LogP) is 4.65. The van der Waals surface area contributed by atoms with Crippen molar-refractivity contribution in [2.75, 3.05) is 5.32 Å². The van der Waals surface area contributed by atoms with Crippen LogP contribution in [0, 0.1) is 0 Å². The Balaban J connectivity index is 2.13. The van der Waals surface area contributed by atoms with E-state index in [1.807, 2.05) is 12.1 Å². The summed E-state index contributed by atoms with van der Waals surface area (Å²) in [5, 5.41) is 5.95. The van der Waals surface area contributed by atoms with E-state index >= 15 is 0 Å². The van der Waals surface area contributed by atoms with Gasteiger partial charge in [-0.3, -0.25) is 4.98 Å². The molecule has 2 aromatic rings. The first-order valence-corrected chi connectivity index (χ1v) is 8.05. The second kappa shape index (κ2) is 7.77. The highest BCUT2D eigenvalue weighted by Gasteiger charge is 2.15. The number of urea groups is 1. The first-order valence-electron chi connectivity index (χ1n) is 8.05. The fourth-order valence-corrected chi connectivity index (χ4v) is 2.54. The molecule has 1 heterocycles. The zero-order valence-corrected chi connectivity index (χ0v) is 14.3. The standard InChI is InChI=1S/C19H25N3O/c1-13(2)16-6-5-7-17(14(3)4)18(16)22-19(23)21-12-15-8-10-20-11-9-15/h5-11,13-14H,12H2,1-4H3,(H2,21,22,23). The van der Waals surface area contributed by atoms with Crippen LogP contribution in [0.5, 0.6) is 0 Å². The number of pyridine rings is 1. The van der Waals surface area contributed by atoms with E-state index in [9.17, 15) is 4.79 Å². The number of nitrogens with one attached hydrogen (secondary N) is 2. The minimum absolute atomic E-state index is 0.184. The Labute approximate surface area is 138 Å². The Morgan fingerprint density at radius 1 is 1.00 bits per heavy atom. The van der Waals surface area contributed by atoms with Crippen LogP contribution in [0.3, 0.4) is 0 Å². The number of amides is 2. The second-order valence-corrected chi connectivity index (χ2v) is 6.28. The molecule has 0 spiro atoms. The van der Waals surface area contributed by atoms with Gasteiger partial charge in [0.25, 0.3) is 0 Å². The van der Waals surface area contributed by atoms with Crippen LogP contribution in [-0.4, -0.2) is 11.0 Å². The van der Waals surface area contributed by atoms with E-state index in [4.69, 9.17) is 0 Å². The normalized spacial score (nSPS) is 10.9. The molecule has 2 amide bonds. The summed E-state index contributed by atoms with van der Waals surface area (Å²) in [6.07, 6.45) is 3.44. The fourth-order valence-electron chi connectivity index (χ4n) is 2.54. The van der Waals surface area contributed by atoms with Gasteiger partial charge in [-0.25, -0.2) is 4.79 Å². The number of benzene rings is 1. The number of nitrogens with zero attached hydrogens (tertiary/aromatic N) is 1. The number of anilines is 1. The maximum atomic E-state index is 12.3. The van der Waals surface area contributed by atoms with Gasteiger partial charge in [0.05, 0.1) is 0 Å². The van der Waals surface area contributed by atoms with Gasteiger partial charge in [-0.2, -0.15) is 0 Å². The summed E-state index contributed by atoms with van der Waals surface area (Å²) in [7, 11) is 0. The molecular weight excluding hydrogens is 286 g/mol. The van der Waals surface area contributed by atoms with E-state index in [0.29, 0.717) is 18.4 Å². The Morgan fingerprint density at radius 3 is 2.09 bits per heavy atom. The number of rotatable bonds is 5. The lowest BCUT2D eigenvalue weighted by molar-refractivity contribution is 0.251. The number of para-hydroxylation sites is 1. The summed E-state index contributed by atoms with van der Waals surface area (Å²) in [5.41, 5.74) is 4.28. The lowest BCUT2D eigenvalue weighted by Crippen LogP contribution is -2.29. The van der Waals surface area contributed by atoms with Gasteiger partial charge in [-0.15, -0.1) is 0 Å². The van der Waals surface area contributed by atoms with Gasteiger partial charge in [-0.05, 0) is 40.7 Å². The molecule has 1 aromatic carbocycles. The van der Waals surface area contributed by atoms with Crippen molar-refractivity contribution in [3.63, 3.8) is 0 Å². The van der Waals surface area contributed by atoms with E-state index < -0.39 is 0 Å². The van der Waals surface area contributed by atoms with Crippen molar-refractivity contribution in [3.8, 4) is 0 Å². The molecule has 0 bridgehead atoms. The van der Waals surface area contributed by atoms with Gasteiger partial charge < -0.3 is 10.6 Å². The smallest absolute Gasteiger partial charge is 0.319 e. The molecule has 0 aliphatic rings. The molecular formula is C19H25N3O. The van der Waals surface area contributed by atoms with Crippen LogP contribution >= 0.6 is 0 Å². The highest BCUT2D eigenvalue weighted by molar-refractivity contribution is 5.91. The molecule has 0 aliphatic heterocycles. The third kappa shape index (κ3) is 4.55. The SMILES string of the molecule is CC(C)c1cccc(C(C)C)c1NC(=O)NCc1ccncc1. The molecule has 1 aromatic heterocycles. The van der Waals surface area contributed by atoms with E-state index in [2.05, 4.69) is 61.5 Å². The van der Waals surface area contributed by atoms with Crippen LogP contribution in [0.1, 0.15) is 56.2 Å². The minimum Gasteiger partial charge on any atom is -0.334 e. The maximum Gasteiger partial charge on any atom is 0.319 e. The topological polar surface area (TPSA) is 54.0 Å². The Hall–Kier alpha value is -2.36. The van der Waals surface area contributed by atoms with Crippen LogP contribution in [-0.2, 0) is 6.54 Å². The molecule has 4 nitrogen and oxygen atoms in total. The molecule has 0 radical (unpaired) electrons. The van der Waals surface area contributed by atoms with Crippen molar-refractivity contribution in [3.05, 3.63) is 59.4 Å². The van der Waals surface area contributed by atoms with Gasteiger partial charge in [0.15, 0.2) is 0 Å². The molecule has 0 saturated carbocycles. The van der Waals surface area contributed by atoms with Crippen LogP contribution in [0.25, 0.3) is 0 Å². The maximum absolute atomic E-state index is 12.3. The zero-order chi connectivity index (χ0) is 16.8. The molecule has 0 unspecified atom stereocenters. The van der Waals surface area contributed by atoms with E-state index in [1.165, 1.54) is 0 Å². The average Bonchev–Trinajstić information content (AvgIpc) is 2.53. The van der Waals surface area contributed by atoms with Crippen LogP contribution in [0.4, 0.5) is 10.5 Å². The van der Waals surface area contributed by atoms with Gasteiger partial charge in [0.1, 0.15) is 0 Å². The van der Waals surface area contributed by atoms with Crippen LogP contribution in [0.15, 0.2) is 42.7 Å². The lowest BCUT2D eigenvalue weighted by Gasteiger charge is -2.20. The molecule has 0 atom stereocenters. The molecule has 2 rings (SSSR count). The zero-order valence-electron chi connectivity index (χ0n) is 14.3. The Kier molecular flexibility index (Phi) is 5.74. The first-order chi connectivity index (χ1) is 11.0.